The number of carboxylic acids is 1. The van der Waals surface area contributed by atoms with Crippen molar-refractivity contribution in [2.75, 3.05) is 26.7 Å². The molecule has 0 fully saturated rings. The highest BCUT2D eigenvalue weighted by atomic mass is 16.4. The fraction of sp³-hybridized carbons (Fsp3) is 0.357. The van der Waals surface area contributed by atoms with Gasteiger partial charge in [0.25, 0.3) is 5.91 Å². The lowest BCUT2D eigenvalue weighted by molar-refractivity contribution is -0.131. The molecule has 1 amide bonds. The fourth-order valence-corrected chi connectivity index (χ4v) is 1.46. The predicted molar refractivity (Wildman–Crippen MR) is 76.4 cm³/mol. The highest BCUT2D eigenvalue weighted by Gasteiger charge is 2.06. The minimum Gasteiger partial charge on any atom is -0.478 e. The standard InChI is InChI=1S/C14H19N3O3/c1-3-17(2)7-6-16-14(20)12-8-11(9-15-10-12)4-5-13(18)19/h4-5,8-10H,3,6-7H2,1-2H3,(H,16,20)(H,18,19). The lowest BCUT2D eigenvalue weighted by Gasteiger charge is -2.13. The number of nitrogens with zero attached hydrogens (tertiary/aromatic N) is 2. The van der Waals surface area contributed by atoms with Gasteiger partial charge in [-0.05, 0) is 31.3 Å². The molecule has 0 saturated heterocycles. The molecule has 1 aromatic rings. The van der Waals surface area contributed by atoms with E-state index in [4.69, 9.17) is 5.11 Å². The van der Waals surface area contributed by atoms with Gasteiger partial charge in [-0.2, -0.15) is 0 Å². The quantitative estimate of drug-likeness (QED) is 0.722. The number of likely N-dealkylation sites (N-methyl/N-ethyl adjacent to an activating group) is 1. The smallest absolute Gasteiger partial charge is 0.328 e. The lowest BCUT2D eigenvalue weighted by Crippen LogP contribution is -2.32. The number of nitrogens with one attached hydrogen (secondary N) is 1. The molecular formula is C14H19N3O3. The van der Waals surface area contributed by atoms with Crippen LogP contribution in [-0.4, -0.2) is 53.5 Å². The van der Waals surface area contributed by atoms with E-state index in [-0.39, 0.29) is 5.91 Å². The molecule has 1 rings (SSSR count). The van der Waals surface area contributed by atoms with Gasteiger partial charge in [0.15, 0.2) is 0 Å². The van der Waals surface area contributed by atoms with Crippen molar-refractivity contribution < 1.29 is 14.7 Å². The number of pyridine rings is 1. The van der Waals surface area contributed by atoms with Crippen molar-refractivity contribution in [2.45, 2.75) is 6.92 Å². The number of hydrogen-bond acceptors (Lipinski definition) is 4. The Morgan fingerprint density at radius 1 is 1.45 bits per heavy atom. The van der Waals surface area contributed by atoms with E-state index in [0.717, 1.165) is 19.2 Å². The van der Waals surface area contributed by atoms with Crippen molar-refractivity contribution >= 4 is 18.0 Å². The van der Waals surface area contributed by atoms with Gasteiger partial charge in [0.05, 0.1) is 5.56 Å². The van der Waals surface area contributed by atoms with E-state index in [1.54, 1.807) is 6.07 Å². The largest absolute Gasteiger partial charge is 0.478 e. The van der Waals surface area contributed by atoms with Crippen LogP contribution in [0.4, 0.5) is 0 Å². The van der Waals surface area contributed by atoms with Crippen LogP contribution >= 0.6 is 0 Å². The predicted octanol–water partition coefficient (Wildman–Crippen LogP) is 0.861. The Hall–Kier alpha value is -2.21. The second-order valence-corrected chi connectivity index (χ2v) is 4.33. The molecule has 1 heterocycles. The van der Waals surface area contributed by atoms with Crippen molar-refractivity contribution in [1.29, 1.82) is 0 Å². The van der Waals surface area contributed by atoms with Crippen molar-refractivity contribution in [3.05, 3.63) is 35.7 Å². The highest BCUT2D eigenvalue weighted by Crippen LogP contribution is 2.04. The maximum absolute atomic E-state index is 11.9. The molecule has 0 spiro atoms. The van der Waals surface area contributed by atoms with Gasteiger partial charge in [-0.15, -0.1) is 0 Å². The van der Waals surface area contributed by atoms with Crippen LogP contribution in [0.25, 0.3) is 6.08 Å². The van der Waals surface area contributed by atoms with E-state index in [9.17, 15) is 9.59 Å². The Balaban J connectivity index is 2.60. The summed E-state index contributed by atoms with van der Waals surface area (Å²) >= 11 is 0. The summed E-state index contributed by atoms with van der Waals surface area (Å²) in [6.45, 7) is 4.30. The molecule has 0 aliphatic carbocycles. The highest BCUT2D eigenvalue weighted by molar-refractivity contribution is 5.94. The van der Waals surface area contributed by atoms with Gasteiger partial charge >= 0.3 is 5.97 Å². The first kappa shape index (κ1) is 15.8. The van der Waals surface area contributed by atoms with Crippen molar-refractivity contribution in [3.63, 3.8) is 0 Å². The number of carbonyl (C=O) groups is 2. The summed E-state index contributed by atoms with van der Waals surface area (Å²) in [5.41, 5.74) is 0.988. The fourth-order valence-electron chi connectivity index (χ4n) is 1.46. The molecule has 0 aliphatic rings. The van der Waals surface area contributed by atoms with Crippen molar-refractivity contribution in [2.24, 2.45) is 0 Å². The summed E-state index contributed by atoms with van der Waals surface area (Å²) in [7, 11) is 1.98. The monoisotopic (exact) mass is 277 g/mol. The Morgan fingerprint density at radius 3 is 2.85 bits per heavy atom. The van der Waals surface area contributed by atoms with Gasteiger partial charge in [-0.1, -0.05) is 6.92 Å². The molecule has 6 nitrogen and oxygen atoms in total. The summed E-state index contributed by atoms with van der Waals surface area (Å²) in [5.74, 6) is -1.25. The van der Waals surface area contributed by atoms with E-state index < -0.39 is 5.97 Å². The van der Waals surface area contributed by atoms with E-state index >= 15 is 0 Å². The average Bonchev–Trinajstić information content (AvgIpc) is 2.45. The molecular weight excluding hydrogens is 258 g/mol. The van der Waals surface area contributed by atoms with Crippen LogP contribution in [0.3, 0.4) is 0 Å². The van der Waals surface area contributed by atoms with E-state index in [1.165, 1.54) is 18.5 Å². The zero-order valence-electron chi connectivity index (χ0n) is 11.7. The number of aliphatic carboxylic acids is 1. The number of hydrogen-bond donors (Lipinski definition) is 2. The van der Waals surface area contributed by atoms with E-state index in [2.05, 4.69) is 15.2 Å². The Labute approximate surface area is 118 Å². The zero-order valence-corrected chi connectivity index (χ0v) is 11.7. The summed E-state index contributed by atoms with van der Waals surface area (Å²) in [6, 6.07) is 1.60. The second-order valence-electron chi connectivity index (χ2n) is 4.33. The number of aromatic nitrogens is 1. The molecule has 0 aliphatic heterocycles. The second kappa shape index (κ2) is 8.06. The summed E-state index contributed by atoms with van der Waals surface area (Å²) in [5, 5.41) is 11.3. The van der Waals surface area contributed by atoms with Gasteiger partial charge < -0.3 is 15.3 Å². The molecule has 0 bridgehead atoms. The molecule has 2 N–H and O–H groups in total. The number of carboxylic acid groups (broad SMARTS) is 1. The Bertz CT molecular complexity index is 500. The molecule has 0 radical (unpaired) electrons. The maximum atomic E-state index is 11.9. The average molecular weight is 277 g/mol. The first-order valence-electron chi connectivity index (χ1n) is 6.35. The van der Waals surface area contributed by atoms with Gasteiger partial charge in [0.2, 0.25) is 0 Å². The molecule has 1 aromatic heterocycles. The third-order valence-corrected chi connectivity index (χ3v) is 2.76. The molecule has 0 saturated carbocycles. The normalized spacial score (nSPS) is 10.9. The van der Waals surface area contributed by atoms with Gasteiger partial charge in [-0.25, -0.2) is 4.79 Å². The van der Waals surface area contributed by atoms with E-state index in [1.807, 2.05) is 14.0 Å². The maximum Gasteiger partial charge on any atom is 0.328 e. The van der Waals surface area contributed by atoms with Crippen LogP contribution in [0.1, 0.15) is 22.8 Å². The minimum atomic E-state index is -1.04. The topological polar surface area (TPSA) is 82.5 Å². The lowest BCUT2D eigenvalue weighted by atomic mass is 10.2. The van der Waals surface area contributed by atoms with Crippen LogP contribution in [0, 0.1) is 0 Å². The Kier molecular flexibility index (Phi) is 6.39. The molecule has 6 heteroatoms. The Morgan fingerprint density at radius 2 is 2.20 bits per heavy atom. The number of carbonyl (C=O) groups excluding carboxylic acids is 1. The van der Waals surface area contributed by atoms with Crippen molar-refractivity contribution in [1.82, 2.24) is 15.2 Å². The summed E-state index contributed by atoms with van der Waals surface area (Å²) in [4.78, 5) is 28.3. The molecule has 0 atom stereocenters. The summed E-state index contributed by atoms with van der Waals surface area (Å²) < 4.78 is 0. The van der Waals surface area contributed by atoms with Gasteiger partial charge in [0.1, 0.15) is 0 Å². The first-order valence-corrected chi connectivity index (χ1v) is 6.35. The van der Waals surface area contributed by atoms with Crippen LogP contribution in [0.2, 0.25) is 0 Å². The molecule has 108 valence electrons. The first-order chi connectivity index (χ1) is 9.52. The number of amides is 1. The van der Waals surface area contributed by atoms with Crippen LogP contribution < -0.4 is 5.32 Å². The van der Waals surface area contributed by atoms with Crippen LogP contribution in [0.15, 0.2) is 24.5 Å². The third kappa shape index (κ3) is 5.62. The third-order valence-electron chi connectivity index (χ3n) is 2.76. The number of rotatable bonds is 7. The van der Waals surface area contributed by atoms with Crippen LogP contribution in [-0.2, 0) is 4.79 Å². The van der Waals surface area contributed by atoms with Crippen LogP contribution in [0.5, 0.6) is 0 Å². The SMILES string of the molecule is CCN(C)CCNC(=O)c1cncc(C=CC(=O)O)c1. The van der Waals surface area contributed by atoms with Crippen molar-refractivity contribution in [3.8, 4) is 0 Å². The zero-order chi connectivity index (χ0) is 15.0. The minimum absolute atomic E-state index is 0.215. The molecule has 0 aromatic carbocycles. The molecule has 0 unspecified atom stereocenters. The molecule has 20 heavy (non-hydrogen) atoms. The van der Waals surface area contributed by atoms with Gasteiger partial charge in [-0.3, -0.25) is 9.78 Å². The summed E-state index contributed by atoms with van der Waals surface area (Å²) in [6.07, 6.45) is 5.37. The van der Waals surface area contributed by atoms with Gasteiger partial charge in [0, 0.05) is 31.6 Å². The van der Waals surface area contributed by atoms with E-state index in [0.29, 0.717) is 17.7 Å².